The molecule has 8 heteroatoms. The van der Waals surface area contributed by atoms with Gasteiger partial charge in [0.15, 0.2) is 11.6 Å². The number of rotatable bonds is 1. The van der Waals surface area contributed by atoms with Crippen LogP contribution in [0.5, 0.6) is 0 Å². The molecule has 5 nitrogen and oxygen atoms in total. The second-order valence-electron chi connectivity index (χ2n) is 6.09. The number of anilines is 1. The lowest BCUT2D eigenvalue weighted by atomic mass is 9.90. The lowest BCUT2D eigenvalue weighted by molar-refractivity contribution is -0.212. The van der Waals surface area contributed by atoms with Gasteiger partial charge in [-0.25, -0.2) is 4.79 Å². The number of nitrogens with one attached hydrogen (secondary N) is 1. The minimum absolute atomic E-state index is 0.209. The maximum Gasteiger partial charge on any atom is 0.490 e. The SMILES string of the molecule is C#Cc1cccc2c3c(ccc12)N(C(=N)N)CC3(C)OC(=O)C(F)(F)F. The molecule has 0 aliphatic carbocycles. The third kappa shape index (κ3) is 2.62. The molecule has 0 bridgehead atoms. The molecule has 3 N–H and O–H groups in total. The van der Waals surface area contributed by atoms with Crippen LogP contribution in [0.15, 0.2) is 30.3 Å². The Hall–Kier alpha value is -3.21. The van der Waals surface area contributed by atoms with Crippen LogP contribution in [-0.2, 0) is 15.1 Å². The summed E-state index contributed by atoms with van der Waals surface area (Å²) in [5.41, 5.74) is 5.20. The fraction of sp³-hybridized carbons (Fsp3) is 0.222. The number of esters is 1. The number of terminal acetylenes is 1. The molecule has 0 saturated heterocycles. The number of nitrogens with two attached hydrogens (primary N) is 1. The molecule has 0 spiro atoms. The first-order valence-corrected chi connectivity index (χ1v) is 7.53. The van der Waals surface area contributed by atoms with Crippen molar-refractivity contribution in [3.63, 3.8) is 0 Å². The van der Waals surface area contributed by atoms with E-state index in [0.29, 0.717) is 27.6 Å². The number of ether oxygens (including phenoxy) is 1. The molecule has 0 fully saturated rings. The molecule has 1 unspecified atom stereocenters. The van der Waals surface area contributed by atoms with E-state index < -0.39 is 17.7 Å². The number of carbonyl (C=O) groups excluding carboxylic acids is 1. The van der Waals surface area contributed by atoms with Gasteiger partial charge in [0, 0.05) is 11.1 Å². The van der Waals surface area contributed by atoms with Crippen LogP contribution in [0.3, 0.4) is 0 Å². The third-order valence-corrected chi connectivity index (χ3v) is 4.31. The summed E-state index contributed by atoms with van der Waals surface area (Å²) in [7, 11) is 0. The summed E-state index contributed by atoms with van der Waals surface area (Å²) in [5.74, 6) is -0.155. The van der Waals surface area contributed by atoms with E-state index in [2.05, 4.69) is 5.92 Å². The first-order valence-electron chi connectivity index (χ1n) is 7.53. The molecule has 1 atom stereocenters. The molecular formula is C18H14F3N3O2. The van der Waals surface area contributed by atoms with Gasteiger partial charge in [0.2, 0.25) is 0 Å². The van der Waals surface area contributed by atoms with Gasteiger partial charge in [0.1, 0.15) is 0 Å². The molecule has 0 amide bonds. The highest BCUT2D eigenvalue weighted by Crippen LogP contribution is 2.46. The Labute approximate surface area is 147 Å². The topological polar surface area (TPSA) is 79.4 Å². The lowest BCUT2D eigenvalue weighted by Gasteiger charge is -2.27. The zero-order valence-electron chi connectivity index (χ0n) is 13.6. The molecule has 1 aliphatic rings. The van der Waals surface area contributed by atoms with Gasteiger partial charge in [-0.05, 0) is 29.8 Å². The highest BCUT2D eigenvalue weighted by molar-refractivity contribution is 6.03. The summed E-state index contributed by atoms with van der Waals surface area (Å²) in [6.07, 6.45) is 0.356. The van der Waals surface area contributed by atoms with E-state index in [9.17, 15) is 18.0 Å². The first kappa shape index (κ1) is 17.6. The summed E-state index contributed by atoms with van der Waals surface area (Å²) in [4.78, 5) is 12.8. The fourth-order valence-electron chi connectivity index (χ4n) is 3.28. The quantitative estimate of drug-likeness (QED) is 0.354. The Balaban J connectivity index is 2.27. The van der Waals surface area contributed by atoms with E-state index in [1.807, 2.05) is 0 Å². The number of benzene rings is 2. The van der Waals surface area contributed by atoms with E-state index in [4.69, 9.17) is 22.3 Å². The van der Waals surface area contributed by atoms with Gasteiger partial charge in [-0.1, -0.05) is 24.1 Å². The molecule has 1 heterocycles. The number of halogens is 3. The van der Waals surface area contributed by atoms with Crippen molar-refractivity contribution in [1.29, 1.82) is 5.41 Å². The minimum Gasteiger partial charge on any atom is -0.446 e. The van der Waals surface area contributed by atoms with E-state index in [1.54, 1.807) is 30.3 Å². The predicted octanol–water partition coefficient (Wildman–Crippen LogP) is 2.86. The van der Waals surface area contributed by atoms with Crippen LogP contribution in [0.25, 0.3) is 10.8 Å². The first-order chi connectivity index (χ1) is 12.1. The third-order valence-electron chi connectivity index (χ3n) is 4.31. The summed E-state index contributed by atoms with van der Waals surface area (Å²) in [6.45, 7) is 1.15. The van der Waals surface area contributed by atoms with Gasteiger partial charge in [-0.2, -0.15) is 13.2 Å². The second-order valence-corrected chi connectivity index (χ2v) is 6.09. The number of fused-ring (bicyclic) bond motifs is 3. The summed E-state index contributed by atoms with van der Waals surface area (Å²) < 4.78 is 43.1. The molecule has 26 heavy (non-hydrogen) atoms. The average Bonchev–Trinajstić information content (AvgIpc) is 2.87. The van der Waals surface area contributed by atoms with Crippen LogP contribution in [0.1, 0.15) is 18.1 Å². The molecule has 0 saturated carbocycles. The van der Waals surface area contributed by atoms with Gasteiger partial charge in [0.05, 0.1) is 12.2 Å². The highest BCUT2D eigenvalue weighted by Gasteiger charge is 2.50. The number of guanidine groups is 1. The van der Waals surface area contributed by atoms with Crippen molar-refractivity contribution >= 4 is 28.4 Å². The molecule has 0 aromatic heterocycles. The van der Waals surface area contributed by atoms with Crippen LogP contribution >= 0.6 is 0 Å². The highest BCUT2D eigenvalue weighted by atomic mass is 19.4. The van der Waals surface area contributed by atoms with Crippen molar-refractivity contribution in [1.82, 2.24) is 0 Å². The lowest BCUT2D eigenvalue weighted by Crippen LogP contribution is -2.43. The molecule has 1 aliphatic heterocycles. The number of alkyl halides is 3. The normalized spacial score (nSPS) is 19.1. The van der Waals surface area contributed by atoms with E-state index >= 15 is 0 Å². The number of nitrogens with zero attached hydrogens (tertiary/aromatic N) is 1. The van der Waals surface area contributed by atoms with Crippen LogP contribution in [0.4, 0.5) is 18.9 Å². The largest absolute Gasteiger partial charge is 0.490 e. The maximum atomic E-state index is 12.8. The van der Waals surface area contributed by atoms with Gasteiger partial charge >= 0.3 is 12.1 Å². The second kappa shape index (κ2) is 5.66. The van der Waals surface area contributed by atoms with Crippen LogP contribution in [0.2, 0.25) is 0 Å². The molecule has 2 aromatic carbocycles. The predicted molar refractivity (Wildman–Crippen MR) is 90.6 cm³/mol. The Morgan fingerprint density at radius 1 is 1.35 bits per heavy atom. The summed E-state index contributed by atoms with van der Waals surface area (Å²) >= 11 is 0. The van der Waals surface area contributed by atoms with Crippen molar-refractivity contribution in [2.24, 2.45) is 5.73 Å². The minimum atomic E-state index is -5.14. The molecule has 3 rings (SSSR count). The van der Waals surface area contributed by atoms with Crippen LogP contribution in [-0.4, -0.2) is 24.6 Å². The number of carbonyl (C=O) groups is 1. The van der Waals surface area contributed by atoms with Crippen LogP contribution in [0, 0.1) is 17.8 Å². The van der Waals surface area contributed by atoms with Crippen LogP contribution < -0.4 is 10.6 Å². The van der Waals surface area contributed by atoms with Gasteiger partial charge in [-0.15, -0.1) is 6.42 Å². The van der Waals surface area contributed by atoms with E-state index in [0.717, 1.165) is 0 Å². The molecule has 134 valence electrons. The Bertz CT molecular complexity index is 978. The van der Waals surface area contributed by atoms with Crippen molar-refractivity contribution in [2.75, 3.05) is 11.4 Å². The zero-order valence-corrected chi connectivity index (χ0v) is 13.6. The Morgan fingerprint density at radius 3 is 2.62 bits per heavy atom. The van der Waals surface area contributed by atoms with Gasteiger partial charge in [0.25, 0.3) is 0 Å². The maximum absolute atomic E-state index is 12.8. The number of hydrogen-bond acceptors (Lipinski definition) is 3. The Kier molecular flexibility index (Phi) is 3.83. The van der Waals surface area contributed by atoms with E-state index in [-0.39, 0.29) is 12.5 Å². The summed E-state index contributed by atoms with van der Waals surface area (Å²) in [6, 6.07) is 8.35. The monoisotopic (exact) mass is 361 g/mol. The zero-order chi connectivity index (χ0) is 19.3. The smallest absolute Gasteiger partial charge is 0.446 e. The molecular weight excluding hydrogens is 347 g/mol. The molecule has 2 aromatic rings. The van der Waals surface area contributed by atoms with Gasteiger partial charge < -0.3 is 15.4 Å². The Morgan fingerprint density at radius 2 is 2.04 bits per heavy atom. The summed E-state index contributed by atoms with van der Waals surface area (Å²) in [5, 5.41) is 8.87. The molecule has 0 radical (unpaired) electrons. The fourth-order valence-corrected chi connectivity index (χ4v) is 3.28. The van der Waals surface area contributed by atoms with Crippen molar-refractivity contribution in [3.05, 3.63) is 41.5 Å². The van der Waals surface area contributed by atoms with Crippen molar-refractivity contribution in [2.45, 2.75) is 18.7 Å². The van der Waals surface area contributed by atoms with Crippen molar-refractivity contribution in [3.8, 4) is 12.3 Å². The average molecular weight is 361 g/mol. The number of hydrogen-bond donors (Lipinski definition) is 2. The van der Waals surface area contributed by atoms with E-state index in [1.165, 1.54) is 11.8 Å². The van der Waals surface area contributed by atoms with Crippen molar-refractivity contribution < 1.29 is 22.7 Å². The standard InChI is InChI=1S/C18H14F3N3O2/c1-3-10-5-4-6-12-11(10)7-8-13-14(12)17(2,9-24(13)16(22)23)26-15(25)18(19,20)21/h1,4-8H,9H2,2H3,(H3,22,23). The van der Waals surface area contributed by atoms with Gasteiger partial charge in [-0.3, -0.25) is 5.41 Å².